The summed E-state index contributed by atoms with van der Waals surface area (Å²) >= 11 is 1.74. The third-order valence-corrected chi connectivity index (χ3v) is 6.51. The van der Waals surface area contributed by atoms with Crippen LogP contribution in [0.5, 0.6) is 0 Å². The Bertz CT molecular complexity index is 535. The van der Waals surface area contributed by atoms with E-state index in [0.717, 1.165) is 26.3 Å². The SMILES string of the molecule is CC(C)(CNC(=O)NC(c1cccs1)C1CCCC1)N1CCOCC1. The predicted octanol–water partition coefficient (Wildman–Crippen LogP) is 3.39. The second-order valence-electron chi connectivity index (χ2n) is 7.78. The molecule has 1 saturated heterocycles. The van der Waals surface area contributed by atoms with Gasteiger partial charge in [0.15, 0.2) is 0 Å². The van der Waals surface area contributed by atoms with E-state index in [2.05, 4.69) is 46.9 Å². The number of morpholine rings is 1. The molecule has 25 heavy (non-hydrogen) atoms. The molecule has 2 aliphatic rings. The van der Waals surface area contributed by atoms with Gasteiger partial charge in [-0.1, -0.05) is 18.9 Å². The molecule has 0 bridgehead atoms. The number of hydrogen-bond donors (Lipinski definition) is 2. The Hall–Kier alpha value is -1.11. The van der Waals surface area contributed by atoms with Gasteiger partial charge in [-0.25, -0.2) is 4.79 Å². The highest BCUT2D eigenvalue weighted by molar-refractivity contribution is 7.10. The van der Waals surface area contributed by atoms with E-state index in [1.54, 1.807) is 11.3 Å². The molecule has 6 heteroatoms. The fourth-order valence-corrected chi connectivity index (χ4v) is 4.82. The molecule has 0 spiro atoms. The zero-order valence-electron chi connectivity index (χ0n) is 15.4. The molecule has 1 aliphatic heterocycles. The summed E-state index contributed by atoms with van der Waals surface area (Å²) in [6, 6.07) is 4.31. The third kappa shape index (κ3) is 4.96. The van der Waals surface area contributed by atoms with E-state index in [-0.39, 0.29) is 17.6 Å². The van der Waals surface area contributed by atoms with E-state index in [4.69, 9.17) is 4.74 Å². The Labute approximate surface area is 155 Å². The lowest BCUT2D eigenvalue weighted by atomic mass is 9.97. The molecule has 1 atom stereocenters. The molecule has 2 fully saturated rings. The Balaban J connectivity index is 1.54. The van der Waals surface area contributed by atoms with Crippen molar-refractivity contribution in [1.29, 1.82) is 0 Å². The summed E-state index contributed by atoms with van der Waals surface area (Å²) in [7, 11) is 0. The van der Waals surface area contributed by atoms with Crippen LogP contribution in [0.15, 0.2) is 17.5 Å². The third-order valence-electron chi connectivity index (χ3n) is 5.56. The molecule has 2 heterocycles. The first kappa shape index (κ1) is 18.7. The van der Waals surface area contributed by atoms with Crippen molar-refractivity contribution in [1.82, 2.24) is 15.5 Å². The van der Waals surface area contributed by atoms with E-state index in [1.807, 2.05) is 0 Å². The van der Waals surface area contributed by atoms with Crippen molar-refractivity contribution in [2.24, 2.45) is 5.92 Å². The van der Waals surface area contributed by atoms with Crippen molar-refractivity contribution >= 4 is 17.4 Å². The van der Waals surface area contributed by atoms with E-state index < -0.39 is 0 Å². The minimum absolute atomic E-state index is 0.0494. The van der Waals surface area contributed by atoms with Gasteiger partial charge in [-0.15, -0.1) is 11.3 Å². The molecule has 140 valence electrons. The number of nitrogens with zero attached hydrogens (tertiary/aromatic N) is 1. The van der Waals surface area contributed by atoms with Crippen LogP contribution in [-0.2, 0) is 4.74 Å². The van der Waals surface area contributed by atoms with Crippen molar-refractivity contribution in [3.8, 4) is 0 Å². The Morgan fingerprint density at radius 3 is 2.72 bits per heavy atom. The van der Waals surface area contributed by atoms with Crippen LogP contribution >= 0.6 is 11.3 Å². The minimum atomic E-state index is -0.0626. The van der Waals surface area contributed by atoms with Crippen LogP contribution in [0.2, 0.25) is 0 Å². The summed E-state index contributed by atoms with van der Waals surface area (Å²) in [6.45, 7) is 8.42. The van der Waals surface area contributed by atoms with Crippen molar-refractivity contribution in [3.05, 3.63) is 22.4 Å². The number of urea groups is 1. The maximum absolute atomic E-state index is 12.6. The van der Waals surface area contributed by atoms with Gasteiger partial charge in [0.05, 0.1) is 19.3 Å². The first-order chi connectivity index (χ1) is 12.1. The molecule has 1 aromatic heterocycles. The first-order valence-corrected chi connectivity index (χ1v) is 10.3. The molecule has 1 aliphatic carbocycles. The highest BCUT2D eigenvalue weighted by Crippen LogP contribution is 2.37. The molecule has 2 amide bonds. The second-order valence-corrected chi connectivity index (χ2v) is 8.76. The van der Waals surface area contributed by atoms with E-state index in [9.17, 15) is 4.79 Å². The molecule has 1 saturated carbocycles. The summed E-state index contributed by atoms with van der Waals surface area (Å²) in [6.07, 6.45) is 4.98. The Morgan fingerprint density at radius 2 is 2.08 bits per heavy atom. The van der Waals surface area contributed by atoms with Gasteiger partial charge < -0.3 is 15.4 Å². The molecular formula is C19H31N3O2S. The van der Waals surface area contributed by atoms with Crippen LogP contribution in [0.3, 0.4) is 0 Å². The molecule has 0 aromatic carbocycles. The van der Waals surface area contributed by atoms with Crippen LogP contribution in [0, 0.1) is 5.92 Å². The van der Waals surface area contributed by atoms with E-state index in [0.29, 0.717) is 12.5 Å². The standard InChI is InChI=1S/C19H31N3O2S/c1-19(2,22-9-11-24-12-10-22)14-20-18(23)21-17(15-6-3-4-7-15)16-8-5-13-25-16/h5,8,13,15,17H,3-4,6-7,9-12,14H2,1-2H3,(H2,20,21,23). The lowest BCUT2D eigenvalue weighted by Gasteiger charge is -2.41. The highest BCUT2D eigenvalue weighted by Gasteiger charge is 2.31. The predicted molar refractivity (Wildman–Crippen MR) is 102 cm³/mol. The molecule has 2 N–H and O–H groups in total. The Morgan fingerprint density at radius 1 is 1.36 bits per heavy atom. The molecule has 1 aromatic rings. The number of hydrogen-bond acceptors (Lipinski definition) is 4. The fraction of sp³-hybridized carbons (Fsp3) is 0.737. The van der Waals surface area contributed by atoms with Gasteiger partial charge in [0, 0.05) is 30.1 Å². The number of ether oxygens (including phenoxy) is 1. The summed E-state index contributed by atoms with van der Waals surface area (Å²) in [4.78, 5) is 16.2. The van der Waals surface area contributed by atoms with Crippen molar-refractivity contribution < 1.29 is 9.53 Å². The first-order valence-electron chi connectivity index (χ1n) is 9.47. The maximum atomic E-state index is 12.6. The summed E-state index contributed by atoms with van der Waals surface area (Å²) in [5.41, 5.74) is -0.0626. The largest absolute Gasteiger partial charge is 0.379 e. The van der Waals surface area contributed by atoms with Gasteiger partial charge in [0.1, 0.15) is 0 Å². The monoisotopic (exact) mass is 365 g/mol. The zero-order chi connectivity index (χ0) is 17.7. The highest BCUT2D eigenvalue weighted by atomic mass is 32.1. The summed E-state index contributed by atoms with van der Waals surface area (Å²) in [5.74, 6) is 0.566. The summed E-state index contributed by atoms with van der Waals surface area (Å²) in [5, 5.41) is 8.46. The molecule has 0 radical (unpaired) electrons. The molecule has 5 nitrogen and oxygen atoms in total. The van der Waals surface area contributed by atoms with Gasteiger partial charge in [-0.05, 0) is 44.1 Å². The number of amides is 2. The van der Waals surface area contributed by atoms with Gasteiger partial charge in [0.25, 0.3) is 0 Å². The van der Waals surface area contributed by atoms with Crippen LogP contribution < -0.4 is 10.6 Å². The lowest BCUT2D eigenvalue weighted by Crippen LogP contribution is -2.56. The van der Waals surface area contributed by atoms with Gasteiger partial charge in [0.2, 0.25) is 0 Å². The van der Waals surface area contributed by atoms with E-state index >= 15 is 0 Å². The Kier molecular flexibility index (Phi) is 6.36. The van der Waals surface area contributed by atoms with Crippen LogP contribution in [-0.4, -0.2) is 49.3 Å². The fourth-order valence-electron chi connectivity index (χ4n) is 3.95. The van der Waals surface area contributed by atoms with Crippen LogP contribution in [0.25, 0.3) is 0 Å². The van der Waals surface area contributed by atoms with Crippen LogP contribution in [0.1, 0.15) is 50.4 Å². The normalized spacial score (nSPS) is 21.2. The number of rotatable bonds is 6. The second kappa shape index (κ2) is 8.52. The quantitative estimate of drug-likeness (QED) is 0.812. The van der Waals surface area contributed by atoms with Crippen LogP contribution in [0.4, 0.5) is 4.79 Å². The average molecular weight is 366 g/mol. The molecule has 1 unspecified atom stereocenters. The number of carbonyl (C=O) groups is 1. The van der Waals surface area contributed by atoms with Crippen molar-refractivity contribution in [2.45, 2.75) is 51.1 Å². The zero-order valence-corrected chi connectivity index (χ0v) is 16.2. The average Bonchev–Trinajstić information content (AvgIpc) is 3.32. The smallest absolute Gasteiger partial charge is 0.315 e. The lowest BCUT2D eigenvalue weighted by molar-refractivity contribution is -0.00878. The van der Waals surface area contributed by atoms with E-state index in [1.165, 1.54) is 30.6 Å². The number of carbonyl (C=O) groups excluding carboxylic acids is 1. The van der Waals surface area contributed by atoms with Crippen molar-refractivity contribution in [2.75, 3.05) is 32.8 Å². The number of thiophene rings is 1. The number of nitrogens with one attached hydrogen (secondary N) is 2. The van der Waals surface area contributed by atoms with Gasteiger partial charge in [-0.2, -0.15) is 0 Å². The minimum Gasteiger partial charge on any atom is -0.379 e. The van der Waals surface area contributed by atoms with Crippen molar-refractivity contribution in [3.63, 3.8) is 0 Å². The van der Waals surface area contributed by atoms with Gasteiger partial charge >= 0.3 is 6.03 Å². The molecule has 3 rings (SSSR count). The summed E-state index contributed by atoms with van der Waals surface area (Å²) < 4.78 is 5.43. The van der Waals surface area contributed by atoms with Gasteiger partial charge in [-0.3, -0.25) is 4.90 Å². The topological polar surface area (TPSA) is 53.6 Å². The maximum Gasteiger partial charge on any atom is 0.315 e. The molecular weight excluding hydrogens is 334 g/mol.